The summed E-state index contributed by atoms with van der Waals surface area (Å²) in [7, 11) is 0. The zero-order chi connectivity index (χ0) is 8.36. The van der Waals surface area contributed by atoms with Gasteiger partial charge in [-0.25, -0.2) is 0 Å². The van der Waals surface area contributed by atoms with Crippen LogP contribution in [0.25, 0.3) is 0 Å². The van der Waals surface area contributed by atoms with Crippen molar-refractivity contribution in [1.29, 1.82) is 0 Å². The molecule has 0 aromatic rings. The molecular weight excluding hydrogens is 140 g/mol. The molecule has 0 aromatic carbocycles. The van der Waals surface area contributed by atoms with E-state index in [1.165, 1.54) is 0 Å². The average molecular weight is 158 g/mol. The molecule has 0 aliphatic rings. The summed E-state index contributed by atoms with van der Waals surface area (Å²) in [6.45, 7) is 7.13. The Morgan fingerprint density at radius 3 is 2.36 bits per heavy atom. The largest absolute Gasteiger partial charge is 0.381 e. The SMILES string of the molecule is CCOCC=CCCOCC. The molecule has 0 saturated carbocycles. The van der Waals surface area contributed by atoms with Gasteiger partial charge in [-0.1, -0.05) is 12.2 Å². The summed E-state index contributed by atoms with van der Waals surface area (Å²) < 4.78 is 10.3. The zero-order valence-electron chi connectivity index (χ0n) is 7.51. The van der Waals surface area contributed by atoms with Crippen LogP contribution < -0.4 is 0 Å². The van der Waals surface area contributed by atoms with Crippen molar-refractivity contribution in [1.82, 2.24) is 0 Å². The van der Waals surface area contributed by atoms with Crippen LogP contribution >= 0.6 is 0 Å². The van der Waals surface area contributed by atoms with Gasteiger partial charge in [0.2, 0.25) is 0 Å². The van der Waals surface area contributed by atoms with E-state index in [9.17, 15) is 0 Å². The van der Waals surface area contributed by atoms with Crippen LogP contribution in [0.3, 0.4) is 0 Å². The second kappa shape index (κ2) is 9.66. The van der Waals surface area contributed by atoms with Crippen LogP contribution in [0, 0.1) is 0 Å². The van der Waals surface area contributed by atoms with Crippen LogP contribution in [0.4, 0.5) is 0 Å². The standard InChI is InChI=1S/C9H18O2/c1-3-10-8-6-5-7-9-11-4-2/h5-6H,3-4,7-9H2,1-2H3. The molecule has 2 nitrogen and oxygen atoms in total. The maximum atomic E-state index is 5.15. The lowest BCUT2D eigenvalue weighted by Gasteiger charge is -1.95. The molecule has 0 heterocycles. The van der Waals surface area contributed by atoms with Gasteiger partial charge < -0.3 is 9.47 Å². The van der Waals surface area contributed by atoms with E-state index in [0.717, 1.165) is 32.8 Å². The monoisotopic (exact) mass is 158 g/mol. The maximum absolute atomic E-state index is 5.15. The molecule has 66 valence electrons. The molecule has 0 N–H and O–H groups in total. The van der Waals surface area contributed by atoms with Gasteiger partial charge in [0.15, 0.2) is 0 Å². The van der Waals surface area contributed by atoms with Crippen molar-refractivity contribution in [2.75, 3.05) is 26.4 Å². The van der Waals surface area contributed by atoms with Crippen LogP contribution in [0.2, 0.25) is 0 Å². The van der Waals surface area contributed by atoms with Crippen molar-refractivity contribution >= 4 is 0 Å². The Labute approximate surface area is 69.2 Å². The first kappa shape index (κ1) is 10.7. The third-order valence-corrected chi connectivity index (χ3v) is 1.22. The highest BCUT2D eigenvalue weighted by molar-refractivity contribution is 4.80. The molecule has 0 spiro atoms. The predicted octanol–water partition coefficient (Wildman–Crippen LogP) is 2.01. The third-order valence-electron chi connectivity index (χ3n) is 1.22. The number of hydrogen-bond acceptors (Lipinski definition) is 2. The van der Waals surface area contributed by atoms with E-state index in [-0.39, 0.29) is 0 Å². The van der Waals surface area contributed by atoms with Gasteiger partial charge in [-0.3, -0.25) is 0 Å². The van der Waals surface area contributed by atoms with Crippen molar-refractivity contribution in [3.05, 3.63) is 12.2 Å². The van der Waals surface area contributed by atoms with Crippen LogP contribution in [0.5, 0.6) is 0 Å². The number of ether oxygens (including phenoxy) is 2. The first-order valence-corrected chi connectivity index (χ1v) is 4.22. The lowest BCUT2D eigenvalue weighted by molar-refractivity contribution is 0.152. The molecule has 0 aromatic heterocycles. The van der Waals surface area contributed by atoms with Crippen LogP contribution in [-0.4, -0.2) is 26.4 Å². The third kappa shape index (κ3) is 9.66. The van der Waals surface area contributed by atoms with Gasteiger partial charge in [-0.2, -0.15) is 0 Å². The highest BCUT2D eigenvalue weighted by atomic mass is 16.5. The van der Waals surface area contributed by atoms with E-state index in [2.05, 4.69) is 6.08 Å². The van der Waals surface area contributed by atoms with Crippen LogP contribution in [-0.2, 0) is 9.47 Å². The van der Waals surface area contributed by atoms with Gasteiger partial charge in [-0.05, 0) is 20.3 Å². The minimum absolute atomic E-state index is 0.725. The van der Waals surface area contributed by atoms with Crippen molar-refractivity contribution in [2.24, 2.45) is 0 Å². The summed E-state index contributed by atoms with van der Waals surface area (Å²) in [6, 6.07) is 0. The van der Waals surface area contributed by atoms with E-state index in [0.29, 0.717) is 0 Å². The molecule has 11 heavy (non-hydrogen) atoms. The highest BCUT2D eigenvalue weighted by Crippen LogP contribution is 1.85. The summed E-state index contributed by atoms with van der Waals surface area (Å²) in [4.78, 5) is 0. The molecule has 0 fully saturated rings. The molecule has 2 heteroatoms. The normalized spacial score (nSPS) is 11.1. The van der Waals surface area contributed by atoms with E-state index in [1.807, 2.05) is 19.9 Å². The summed E-state index contributed by atoms with van der Waals surface area (Å²) in [6.07, 6.45) is 5.11. The van der Waals surface area contributed by atoms with Crippen molar-refractivity contribution < 1.29 is 9.47 Å². The molecule has 0 rings (SSSR count). The molecule has 0 aliphatic heterocycles. The Morgan fingerprint density at radius 1 is 1.00 bits per heavy atom. The predicted molar refractivity (Wildman–Crippen MR) is 46.7 cm³/mol. The smallest absolute Gasteiger partial charge is 0.0647 e. The van der Waals surface area contributed by atoms with Gasteiger partial charge in [0, 0.05) is 19.8 Å². The molecule has 0 radical (unpaired) electrons. The van der Waals surface area contributed by atoms with Crippen molar-refractivity contribution in [3.8, 4) is 0 Å². The minimum Gasteiger partial charge on any atom is -0.381 e. The summed E-state index contributed by atoms with van der Waals surface area (Å²) >= 11 is 0. The Bertz CT molecular complexity index is 89.6. The number of hydrogen-bond donors (Lipinski definition) is 0. The summed E-state index contributed by atoms with van der Waals surface area (Å²) in [5.74, 6) is 0. The second-order valence-corrected chi connectivity index (χ2v) is 2.12. The molecule has 0 bridgehead atoms. The lowest BCUT2D eigenvalue weighted by Crippen LogP contribution is -1.92. The fourth-order valence-corrected chi connectivity index (χ4v) is 0.667. The minimum atomic E-state index is 0.725. The molecule has 0 aliphatic carbocycles. The number of rotatable bonds is 7. The first-order chi connectivity index (χ1) is 5.41. The quantitative estimate of drug-likeness (QED) is 0.417. The Hall–Kier alpha value is -0.340. The van der Waals surface area contributed by atoms with Gasteiger partial charge in [0.25, 0.3) is 0 Å². The molecule has 0 atom stereocenters. The van der Waals surface area contributed by atoms with E-state index in [1.54, 1.807) is 0 Å². The van der Waals surface area contributed by atoms with Crippen LogP contribution in [0.1, 0.15) is 20.3 Å². The first-order valence-electron chi connectivity index (χ1n) is 4.22. The Balaban J connectivity index is 2.91. The van der Waals surface area contributed by atoms with E-state index >= 15 is 0 Å². The van der Waals surface area contributed by atoms with E-state index < -0.39 is 0 Å². The summed E-state index contributed by atoms with van der Waals surface area (Å²) in [5, 5.41) is 0. The summed E-state index contributed by atoms with van der Waals surface area (Å²) in [5.41, 5.74) is 0. The fourth-order valence-electron chi connectivity index (χ4n) is 0.667. The van der Waals surface area contributed by atoms with Gasteiger partial charge >= 0.3 is 0 Å². The van der Waals surface area contributed by atoms with Crippen molar-refractivity contribution in [3.63, 3.8) is 0 Å². The lowest BCUT2D eigenvalue weighted by atomic mass is 10.4. The molecule has 0 saturated heterocycles. The average Bonchev–Trinajstić information content (AvgIpc) is 2.03. The zero-order valence-corrected chi connectivity index (χ0v) is 7.51. The fraction of sp³-hybridized carbons (Fsp3) is 0.778. The molecule has 0 amide bonds. The van der Waals surface area contributed by atoms with Crippen molar-refractivity contribution in [2.45, 2.75) is 20.3 Å². The Kier molecular flexibility index (Phi) is 9.36. The van der Waals surface area contributed by atoms with E-state index in [4.69, 9.17) is 9.47 Å². The van der Waals surface area contributed by atoms with Gasteiger partial charge in [-0.15, -0.1) is 0 Å². The second-order valence-electron chi connectivity index (χ2n) is 2.12. The topological polar surface area (TPSA) is 18.5 Å². The Morgan fingerprint density at radius 2 is 1.73 bits per heavy atom. The van der Waals surface area contributed by atoms with Gasteiger partial charge in [0.05, 0.1) is 6.61 Å². The molecule has 0 unspecified atom stereocenters. The maximum Gasteiger partial charge on any atom is 0.0647 e. The van der Waals surface area contributed by atoms with Crippen LogP contribution in [0.15, 0.2) is 12.2 Å². The molecular formula is C9H18O2. The van der Waals surface area contributed by atoms with Gasteiger partial charge in [0.1, 0.15) is 0 Å². The highest BCUT2D eigenvalue weighted by Gasteiger charge is 1.80.